The van der Waals surface area contributed by atoms with Crippen LogP contribution in [0.15, 0.2) is 35.7 Å². The van der Waals surface area contributed by atoms with E-state index in [0.29, 0.717) is 5.01 Å². The predicted molar refractivity (Wildman–Crippen MR) is 100 cm³/mol. The lowest BCUT2D eigenvalue weighted by Gasteiger charge is -2.14. The van der Waals surface area contributed by atoms with Crippen LogP contribution in [0.2, 0.25) is 0 Å². The second kappa shape index (κ2) is 7.35. The van der Waals surface area contributed by atoms with E-state index in [2.05, 4.69) is 30.4 Å². The smallest absolute Gasteiger partial charge is 0.280 e. The Kier molecular flexibility index (Phi) is 4.77. The van der Waals surface area contributed by atoms with E-state index in [1.807, 2.05) is 42.6 Å². The first-order valence-corrected chi connectivity index (χ1v) is 9.55. The van der Waals surface area contributed by atoms with Crippen LogP contribution in [0.3, 0.4) is 0 Å². The number of rotatable bonds is 4. The topological polar surface area (TPSA) is 84.7 Å². The first-order valence-electron chi connectivity index (χ1n) is 8.67. The van der Waals surface area contributed by atoms with Crippen molar-refractivity contribution in [2.75, 3.05) is 13.1 Å². The average Bonchev–Trinajstić information content (AvgIpc) is 3.25. The van der Waals surface area contributed by atoms with E-state index in [4.69, 9.17) is 0 Å². The number of carbonyl (C=O) groups is 1. The molecule has 0 aliphatic carbocycles. The number of fused-ring (bicyclic) bond motifs is 1. The third kappa shape index (κ3) is 3.38. The van der Waals surface area contributed by atoms with E-state index in [9.17, 15) is 4.79 Å². The summed E-state index contributed by atoms with van der Waals surface area (Å²) in [5.41, 5.74) is 1.82. The Morgan fingerprint density at radius 3 is 2.96 bits per heavy atom. The van der Waals surface area contributed by atoms with Gasteiger partial charge in [0.05, 0.1) is 11.7 Å². The molecule has 0 bridgehead atoms. The number of hydrogen-bond acceptors (Lipinski definition) is 6. The normalized spacial score (nSPS) is 15.1. The van der Waals surface area contributed by atoms with E-state index in [1.54, 1.807) is 0 Å². The molecular weight excluding hydrogens is 348 g/mol. The van der Waals surface area contributed by atoms with Crippen LogP contribution in [0.4, 0.5) is 0 Å². The van der Waals surface area contributed by atoms with Gasteiger partial charge in [-0.1, -0.05) is 30.3 Å². The number of nitrogens with zero attached hydrogens (tertiary/aromatic N) is 4. The van der Waals surface area contributed by atoms with Gasteiger partial charge in [0.2, 0.25) is 0 Å². The Bertz CT molecular complexity index is 904. The van der Waals surface area contributed by atoms with Crippen molar-refractivity contribution in [3.8, 4) is 11.3 Å². The summed E-state index contributed by atoms with van der Waals surface area (Å²) in [6, 6.07) is 9.62. The molecule has 134 valence electrons. The molecule has 1 atom stereocenters. The van der Waals surface area contributed by atoms with Crippen molar-refractivity contribution in [3.63, 3.8) is 0 Å². The van der Waals surface area contributed by atoms with Gasteiger partial charge in [0.1, 0.15) is 5.82 Å². The van der Waals surface area contributed by atoms with Gasteiger partial charge in [0.15, 0.2) is 10.8 Å². The molecule has 1 aliphatic heterocycles. The van der Waals surface area contributed by atoms with Crippen LogP contribution in [-0.2, 0) is 13.0 Å². The second-order valence-corrected chi connectivity index (χ2v) is 7.08. The Balaban J connectivity index is 1.48. The maximum absolute atomic E-state index is 12.6. The fourth-order valence-corrected chi connectivity index (χ4v) is 3.79. The van der Waals surface area contributed by atoms with Crippen LogP contribution in [0.5, 0.6) is 0 Å². The summed E-state index contributed by atoms with van der Waals surface area (Å²) in [5.74, 6) is 1.57. The van der Waals surface area contributed by atoms with E-state index in [1.165, 1.54) is 11.3 Å². The van der Waals surface area contributed by atoms with E-state index in [0.717, 1.165) is 49.0 Å². The number of amides is 1. The van der Waals surface area contributed by atoms with Crippen molar-refractivity contribution in [2.45, 2.75) is 25.9 Å². The molecule has 1 aromatic carbocycles. The first-order chi connectivity index (χ1) is 12.7. The van der Waals surface area contributed by atoms with Gasteiger partial charge < -0.3 is 15.2 Å². The zero-order chi connectivity index (χ0) is 17.9. The summed E-state index contributed by atoms with van der Waals surface area (Å²) in [6.45, 7) is 4.53. The summed E-state index contributed by atoms with van der Waals surface area (Å²) in [4.78, 5) is 17.1. The second-order valence-electron chi connectivity index (χ2n) is 6.23. The monoisotopic (exact) mass is 368 g/mol. The molecule has 0 unspecified atom stereocenters. The summed E-state index contributed by atoms with van der Waals surface area (Å²) in [6.07, 6.45) is 0.848. The van der Waals surface area contributed by atoms with E-state index < -0.39 is 0 Å². The zero-order valence-electron chi connectivity index (χ0n) is 14.5. The maximum atomic E-state index is 12.6. The van der Waals surface area contributed by atoms with Crippen LogP contribution in [-0.4, -0.2) is 38.7 Å². The lowest BCUT2D eigenvalue weighted by molar-refractivity contribution is 0.0937. The molecule has 0 spiro atoms. The van der Waals surface area contributed by atoms with Gasteiger partial charge in [-0.15, -0.1) is 21.5 Å². The fraction of sp³-hybridized carbons (Fsp3) is 0.333. The predicted octanol–water partition coefficient (Wildman–Crippen LogP) is 2.04. The minimum absolute atomic E-state index is 0.186. The van der Waals surface area contributed by atoms with E-state index in [-0.39, 0.29) is 11.9 Å². The molecule has 3 aromatic rings. The maximum Gasteiger partial charge on any atom is 0.280 e. The molecule has 0 radical (unpaired) electrons. The minimum Gasteiger partial charge on any atom is -0.340 e. The third-order valence-electron chi connectivity index (χ3n) is 4.40. The van der Waals surface area contributed by atoms with Crippen LogP contribution < -0.4 is 10.6 Å². The quantitative estimate of drug-likeness (QED) is 0.736. The Hall–Kier alpha value is -2.58. The molecule has 0 saturated heterocycles. The number of hydrogen-bond donors (Lipinski definition) is 2. The highest BCUT2D eigenvalue weighted by atomic mass is 32.1. The lowest BCUT2D eigenvalue weighted by Crippen LogP contribution is -2.29. The van der Waals surface area contributed by atoms with Crippen molar-refractivity contribution in [3.05, 3.63) is 52.4 Å². The molecule has 3 heterocycles. The Labute approximate surface area is 155 Å². The number of thiazole rings is 1. The van der Waals surface area contributed by atoms with E-state index >= 15 is 0 Å². The highest BCUT2D eigenvalue weighted by Gasteiger charge is 2.22. The molecule has 1 aliphatic rings. The van der Waals surface area contributed by atoms with Gasteiger partial charge in [0, 0.05) is 37.0 Å². The third-order valence-corrected chi connectivity index (χ3v) is 5.24. The van der Waals surface area contributed by atoms with Crippen LogP contribution in [0, 0.1) is 0 Å². The molecule has 2 N–H and O–H groups in total. The zero-order valence-corrected chi connectivity index (χ0v) is 15.3. The SMILES string of the molecule is C[C@@H](NC(=O)c1nc(-c2ccccc2)cs1)c1nnc2n1CCNCC2. The molecule has 7 nitrogen and oxygen atoms in total. The highest BCUT2D eigenvalue weighted by Crippen LogP contribution is 2.22. The van der Waals surface area contributed by atoms with Crippen LogP contribution in [0.25, 0.3) is 11.3 Å². The van der Waals surface area contributed by atoms with Gasteiger partial charge in [-0.2, -0.15) is 0 Å². The molecule has 26 heavy (non-hydrogen) atoms. The lowest BCUT2D eigenvalue weighted by atomic mass is 10.2. The van der Waals surface area contributed by atoms with Gasteiger partial charge in [-0.05, 0) is 6.92 Å². The molecule has 0 saturated carbocycles. The van der Waals surface area contributed by atoms with Gasteiger partial charge in [-0.3, -0.25) is 4.79 Å². The van der Waals surface area contributed by atoms with Crippen molar-refractivity contribution in [2.24, 2.45) is 0 Å². The Morgan fingerprint density at radius 1 is 1.27 bits per heavy atom. The van der Waals surface area contributed by atoms with Gasteiger partial charge in [0.25, 0.3) is 5.91 Å². The summed E-state index contributed by atoms with van der Waals surface area (Å²) in [7, 11) is 0. The number of nitrogens with one attached hydrogen (secondary N) is 2. The molecule has 1 amide bonds. The van der Waals surface area contributed by atoms with Gasteiger partial charge in [-0.25, -0.2) is 4.98 Å². The van der Waals surface area contributed by atoms with Gasteiger partial charge >= 0.3 is 0 Å². The fourth-order valence-electron chi connectivity index (χ4n) is 3.06. The standard InChI is InChI=1S/C18H20N6OS/c1-12(16-23-22-15-7-8-19-9-10-24(15)16)20-17(25)18-21-14(11-26-18)13-5-3-2-4-6-13/h2-6,11-12,19H,7-10H2,1H3,(H,20,25)/t12-/m1/s1. The molecule has 0 fully saturated rings. The molecule has 2 aromatic heterocycles. The average molecular weight is 368 g/mol. The van der Waals surface area contributed by atoms with Crippen molar-refractivity contribution in [1.29, 1.82) is 0 Å². The van der Waals surface area contributed by atoms with Crippen molar-refractivity contribution < 1.29 is 4.79 Å². The van der Waals surface area contributed by atoms with Crippen molar-refractivity contribution >= 4 is 17.2 Å². The summed E-state index contributed by atoms with van der Waals surface area (Å²) in [5, 5.41) is 17.3. The number of carbonyl (C=O) groups excluding carboxylic acids is 1. The highest BCUT2D eigenvalue weighted by molar-refractivity contribution is 7.12. The largest absolute Gasteiger partial charge is 0.340 e. The Morgan fingerprint density at radius 2 is 2.12 bits per heavy atom. The summed E-state index contributed by atoms with van der Waals surface area (Å²) < 4.78 is 2.10. The van der Waals surface area contributed by atoms with Crippen LogP contribution >= 0.6 is 11.3 Å². The number of benzene rings is 1. The molecule has 4 rings (SSSR count). The number of aromatic nitrogens is 4. The summed E-state index contributed by atoms with van der Waals surface area (Å²) >= 11 is 1.35. The van der Waals surface area contributed by atoms with Crippen molar-refractivity contribution in [1.82, 2.24) is 30.4 Å². The molecular formula is C18H20N6OS. The first kappa shape index (κ1) is 16.9. The minimum atomic E-state index is -0.231. The van der Waals surface area contributed by atoms with Crippen LogP contribution in [0.1, 0.15) is 34.4 Å². The molecule has 8 heteroatoms.